The Balaban J connectivity index is 1.67. The first-order chi connectivity index (χ1) is 23.5. The summed E-state index contributed by atoms with van der Waals surface area (Å²) in [5.74, 6) is -0.901. The number of rotatable bonds is 9. The Morgan fingerprint density at radius 1 is 0.600 bits per heavy atom. The predicted octanol–water partition coefficient (Wildman–Crippen LogP) is 14.5. The van der Waals surface area contributed by atoms with Crippen LogP contribution in [0.3, 0.4) is 0 Å². The van der Waals surface area contributed by atoms with Crippen LogP contribution in [0.4, 0.5) is 0 Å². The molecule has 2 aliphatic rings. The van der Waals surface area contributed by atoms with Gasteiger partial charge in [-0.25, -0.2) is 0 Å². The van der Waals surface area contributed by atoms with Crippen LogP contribution in [0.15, 0.2) is 71.8 Å². The normalized spacial score (nSPS) is 19.1. The standard InChI is InChI=1S/2C22H25.C2H7Si.2ClH.Hf/c2*1-6-15(3)19-12-18-8-7-9-20(22(18)13-19)21-11-14(2)10-16(4)17(21)5;1-3-2;;;/h2*7-13,15H,6H2,1-5H3;3H,1-2H3;2*1H;/q;;;;;+2/p-2. The summed E-state index contributed by atoms with van der Waals surface area (Å²) in [6.07, 6.45) is 7.24. The van der Waals surface area contributed by atoms with Gasteiger partial charge in [-0.3, -0.25) is 0 Å². The van der Waals surface area contributed by atoms with Crippen molar-refractivity contribution >= 4 is 35.3 Å². The van der Waals surface area contributed by atoms with Crippen LogP contribution in [-0.2, 0) is 15.3 Å². The quantitative estimate of drug-likeness (QED) is 0.147. The van der Waals surface area contributed by atoms with Gasteiger partial charge in [0.15, 0.2) is 0 Å². The molecule has 263 valence electrons. The zero-order valence-corrected chi connectivity index (χ0v) is 38.7. The van der Waals surface area contributed by atoms with Gasteiger partial charge in [-0.05, 0) is 0 Å². The number of halogens is 2. The van der Waals surface area contributed by atoms with Gasteiger partial charge < -0.3 is 0 Å². The molecule has 0 saturated heterocycles. The summed E-state index contributed by atoms with van der Waals surface area (Å²) in [6.45, 7) is 27.9. The first-order valence-corrected chi connectivity index (χ1v) is 41.1. The maximum absolute atomic E-state index is 8.91. The fourth-order valence-corrected chi connectivity index (χ4v) is 53.6. The number of hydrogen-bond acceptors (Lipinski definition) is 0. The van der Waals surface area contributed by atoms with Gasteiger partial charge in [-0.15, -0.1) is 0 Å². The second kappa shape index (κ2) is 13.8. The monoisotopic (exact) mass is 887 g/mol. The molecule has 0 heterocycles. The van der Waals surface area contributed by atoms with Crippen LogP contribution in [0, 0.1) is 53.4 Å². The van der Waals surface area contributed by atoms with Crippen molar-refractivity contribution in [1.82, 2.24) is 0 Å². The average Bonchev–Trinajstić information content (AvgIpc) is 3.68. The molecule has 0 fully saturated rings. The first-order valence-electron chi connectivity index (χ1n) is 19.0. The number of fused-ring (bicyclic) bond motifs is 2. The van der Waals surface area contributed by atoms with Crippen molar-refractivity contribution in [2.24, 2.45) is 11.8 Å². The summed E-state index contributed by atoms with van der Waals surface area (Å²) in [5.41, 5.74) is 21.8. The molecule has 2 aliphatic carbocycles. The van der Waals surface area contributed by atoms with Crippen molar-refractivity contribution in [2.75, 3.05) is 0 Å². The first kappa shape index (κ1) is 37.8. The van der Waals surface area contributed by atoms with Gasteiger partial charge >= 0.3 is 315 Å². The molecule has 0 nitrogen and oxygen atoms in total. The zero-order valence-electron chi connectivity index (χ0n) is 32.5. The molecule has 0 radical (unpaired) electrons. The Hall–Kier alpha value is -1.97. The average molecular weight is 887 g/mol. The van der Waals surface area contributed by atoms with Crippen molar-refractivity contribution in [1.29, 1.82) is 0 Å². The molecule has 0 aromatic heterocycles. The van der Waals surface area contributed by atoms with Crippen LogP contribution < -0.4 is 0 Å². The molecular formula is C46H57Cl2HfSi. The fourth-order valence-electron chi connectivity index (χ4n) is 9.35. The van der Waals surface area contributed by atoms with E-state index in [1.165, 1.54) is 89.0 Å². The van der Waals surface area contributed by atoms with Crippen LogP contribution in [0.5, 0.6) is 0 Å². The van der Waals surface area contributed by atoms with Crippen molar-refractivity contribution < 1.29 is 15.3 Å². The van der Waals surface area contributed by atoms with Crippen molar-refractivity contribution in [2.45, 2.75) is 103 Å². The molecule has 50 heavy (non-hydrogen) atoms. The van der Waals surface area contributed by atoms with Gasteiger partial charge in [0.25, 0.3) is 0 Å². The van der Waals surface area contributed by atoms with Gasteiger partial charge in [-0.1, -0.05) is 0 Å². The van der Waals surface area contributed by atoms with Crippen LogP contribution in [0.1, 0.15) is 104 Å². The van der Waals surface area contributed by atoms with E-state index in [0.29, 0.717) is 11.8 Å². The Kier molecular flexibility index (Phi) is 10.4. The number of allylic oxidation sites excluding steroid dienone is 2. The summed E-state index contributed by atoms with van der Waals surface area (Å²) >= 11 is -5.13. The number of benzene rings is 4. The molecule has 4 unspecified atom stereocenters. The third-order valence-corrected chi connectivity index (χ3v) is 85.5. The molecule has 0 spiro atoms. The van der Waals surface area contributed by atoms with E-state index in [1.807, 2.05) is 0 Å². The Labute approximate surface area is 312 Å². The van der Waals surface area contributed by atoms with E-state index in [4.69, 9.17) is 17.2 Å². The van der Waals surface area contributed by atoms with Gasteiger partial charge in [0.1, 0.15) is 0 Å². The second-order valence-corrected chi connectivity index (χ2v) is 75.6. The van der Waals surface area contributed by atoms with Crippen LogP contribution >= 0.6 is 17.2 Å². The Bertz CT molecular complexity index is 1920. The number of aryl methyl sites for hydroxylation is 4. The summed E-state index contributed by atoms with van der Waals surface area (Å²) in [5, 5.41) is 0. The maximum atomic E-state index is 8.91. The summed E-state index contributed by atoms with van der Waals surface area (Å²) in [6, 6.07) is 23.4. The van der Waals surface area contributed by atoms with Gasteiger partial charge in [0.2, 0.25) is 0 Å². The SMILES string of the molecule is CCC(C)C1=Cc2c(-c3cc(C)cc(C)c3C)cccc2[CH]1[Hf]([Cl])([Cl])([CH]1C(C(C)CC)=Cc2c(-c3cc(C)cc(C)c3C)cccc21)[SiH](C)C. The molecule has 4 aromatic rings. The molecule has 4 aromatic carbocycles. The molecule has 0 N–H and O–H groups in total. The van der Waals surface area contributed by atoms with Crippen LogP contribution in [0.25, 0.3) is 34.4 Å². The molecule has 0 aliphatic heterocycles. The summed E-state index contributed by atoms with van der Waals surface area (Å²) in [7, 11) is 17.8. The summed E-state index contributed by atoms with van der Waals surface area (Å²) < 4.78 is 0.182. The van der Waals surface area contributed by atoms with E-state index in [0.717, 1.165) is 12.8 Å². The van der Waals surface area contributed by atoms with Crippen molar-refractivity contribution in [3.05, 3.63) is 127 Å². The Morgan fingerprint density at radius 3 is 1.32 bits per heavy atom. The van der Waals surface area contributed by atoms with E-state index in [9.17, 15) is 0 Å². The molecule has 4 atom stereocenters. The molecule has 6 rings (SSSR count). The van der Waals surface area contributed by atoms with Gasteiger partial charge in [0, 0.05) is 0 Å². The topological polar surface area (TPSA) is 0 Å². The molecule has 0 amide bonds. The number of hydrogen-bond donors (Lipinski definition) is 0. The minimum atomic E-state index is -5.13. The fraction of sp³-hybridized carbons (Fsp3) is 0.391. The molecule has 0 bridgehead atoms. The third kappa shape index (κ3) is 5.88. The minimum absolute atomic E-state index is 0.0909. The van der Waals surface area contributed by atoms with Gasteiger partial charge in [0.05, 0.1) is 0 Å². The van der Waals surface area contributed by atoms with E-state index in [2.05, 4.69) is 155 Å². The van der Waals surface area contributed by atoms with Crippen LogP contribution in [0.2, 0.25) is 13.1 Å². The molecule has 0 saturated carbocycles. The van der Waals surface area contributed by atoms with E-state index >= 15 is 0 Å². The third-order valence-electron chi connectivity index (χ3n) is 13.0. The van der Waals surface area contributed by atoms with E-state index in [1.54, 1.807) is 0 Å². The van der Waals surface area contributed by atoms with Crippen molar-refractivity contribution in [3.8, 4) is 22.3 Å². The van der Waals surface area contributed by atoms with Gasteiger partial charge in [-0.2, -0.15) is 0 Å². The van der Waals surface area contributed by atoms with E-state index < -0.39 is 21.3 Å². The molecular weight excluding hydrogens is 830 g/mol. The van der Waals surface area contributed by atoms with Crippen molar-refractivity contribution in [3.63, 3.8) is 0 Å². The van der Waals surface area contributed by atoms with Crippen LogP contribution in [-0.4, -0.2) is 5.98 Å². The predicted molar refractivity (Wildman–Crippen MR) is 223 cm³/mol. The zero-order chi connectivity index (χ0) is 36.5. The van der Waals surface area contributed by atoms with E-state index in [-0.39, 0.29) is 7.35 Å². The molecule has 4 heteroatoms. The summed E-state index contributed by atoms with van der Waals surface area (Å²) in [4.78, 5) is 0. The second-order valence-electron chi connectivity index (χ2n) is 16.3. The Morgan fingerprint density at radius 2 is 0.980 bits per heavy atom.